The first-order chi connectivity index (χ1) is 19.2. The molecule has 0 heterocycles. The van der Waals surface area contributed by atoms with Crippen LogP contribution in [0, 0.1) is 13.8 Å². The highest BCUT2D eigenvalue weighted by atomic mass is 79.9. The number of hydrogen-bond acceptors (Lipinski definition) is 6. The zero-order valence-electron chi connectivity index (χ0n) is 25.0. The molecule has 0 aliphatic carbocycles. The van der Waals surface area contributed by atoms with Crippen LogP contribution in [0.4, 0.5) is 10.5 Å². The molecular formula is C31H42BrN3O6. The molecule has 0 fully saturated rings. The lowest BCUT2D eigenvalue weighted by molar-refractivity contribution is -0.148. The minimum absolute atomic E-state index is 0.0681. The lowest BCUT2D eigenvalue weighted by atomic mass is 10.0. The second-order valence-electron chi connectivity index (χ2n) is 10.9. The number of para-hydroxylation sites is 1. The van der Waals surface area contributed by atoms with Gasteiger partial charge in [0, 0.05) is 5.69 Å². The summed E-state index contributed by atoms with van der Waals surface area (Å²) in [5.41, 5.74) is 2.60. The quantitative estimate of drug-likeness (QED) is 0.242. The molecule has 1 unspecified atom stereocenters. The number of benzene rings is 2. The largest absolute Gasteiger partial charge is 0.464 e. The maximum absolute atomic E-state index is 13.9. The number of hydrogen-bond donors (Lipinski definition) is 2. The SMILES string of the molecule is CCOC(=O)[C@H](CN(C(=O)[C@@H](C)Br)C(CCc1ccccc1)C(=O)Nc1c(C)cccc1C)NC(=O)OC(C)(C)C. The summed E-state index contributed by atoms with van der Waals surface area (Å²) in [6, 6.07) is 13.1. The molecular weight excluding hydrogens is 590 g/mol. The Hall–Kier alpha value is -3.40. The van der Waals surface area contributed by atoms with Gasteiger partial charge in [-0.15, -0.1) is 0 Å². The van der Waals surface area contributed by atoms with Crippen LogP contribution in [0.3, 0.4) is 0 Å². The third-order valence-electron chi connectivity index (χ3n) is 6.22. The van der Waals surface area contributed by atoms with Crippen LogP contribution in [-0.4, -0.2) is 64.4 Å². The zero-order valence-corrected chi connectivity index (χ0v) is 26.5. The van der Waals surface area contributed by atoms with E-state index in [-0.39, 0.29) is 19.6 Å². The predicted octanol–water partition coefficient (Wildman–Crippen LogP) is 5.31. The van der Waals surface area contributed by atoms with Gasteiger partial charge in [-0.05, 0) is 78.0 Å². The van der Waals surface area contributed by atoms with Gasteiger partial charge in [-0.3, -0.25) is 9.59 Å². The number of carbonyl (C=O) groups is 4. The Morgan fingerprint density at radius 2 is 1.59 bits per heavy atom. The van der Waals surface area contributed by atoms with Crippen molar-refractivity contribution in [2.24, 2.45) is 0 Å². The summed E-state index contributed by atoms with van der Waals surface area (Å²) in [6.45, 7) is 12.0. The van der Waals surface area contributed by atoms with Crippen molar-refractivity contribution in [2.45, 2.75) is 83.8 Å². The van der Waals surface area contributed by atoms with Crippen molar-refractivity contribution in [1.29, 1.82) is 0 Å². The van der Waals surface area contributed by atoms with Crippen LogP contribution in [0.15, 0.2) is 48.5 Å². The Balaban J connectivity index is 2.50. The van der Waals surface area contributed by atoms with Crippen LogP contribution in [0.2, 0.25) is 0 Å². The van der Waals surface area contributed by atoms with E-state index >= 15 is 0 Å². The standard InChI is InChI=1S/C31H42BrN3O6/c1-8-40-29(38)24(33-30(39)41-31(5,6)7)19-35(28(37)22(4)32)25(18-17-23-15-10-9-11-16-23)27(36)34-26-20(2)13-12-14-21(26)3/h9-16,22,24-25H,8,17-19H2,1-7H3,(H,33,39)(H,34,36)/t22-,24+,25?/m1/s1. The number of alkyl carbamates (subject to hydrolysis) is 1. The number of ether oxygens (including phenoxy) is 2. The summed E-state index contributed by atoms with van der Waals surface area (Å²) >= 11 is 3.34. The second-order valence-corrected chi connectivity index (χ2v) is 12.2. The smallest absolute Gasteiger partial charge is 0.408 e. The fraction of sp³-hybridized carbons (Fsp3) is 0.484. The minimum Gasteiger partial charge on any atom is -0.464 e. The normalized spacial score (nSPS) is 13.4. The van der Waals surface area contributed by atoms with Gasteiger partial charge in [-0.2, -0.15) is 0 Å². The number of esters is 1. The van der Waals surface area contributed by atoms with Gasteiger partial charge in [0.15, 0.2) is 0 Å². The van der Waals surface area contributed by atoms with Gasteiger partial charge >= 0.3 is 12.1 Å². The lowest BCUT2D eigenvalue weighted by Gasteiger charge is -2.35. The molecule has 0 radical (unpaired) electrons. The number of nitrogens with zero attached hydrogens (tertiary/aromatic N) is 1. The van der Waals surface area contributed by atoms with E-state index in [1.165, 1.54) is 4.90 Å². The first-order valence-electron chi connectivity index (χ1n) is 13.7. The molecule has 0 saturated carbocycles. The van der Waals surface area contributed by atoms with E-state index in [1.54, 1.807) is 34.6 Å². The summed E-state index contributed by atoms with van der Waals surface area (Å²) in [7, 11) is 0. The van der Waals surface area contributed by atoms with Crippen molar-refractivity contribution >= 4 is 45.5 Å². The summed E-state index contributed by atoms with van der Waals surface area (Å²) in [4.78, 5) is 53.9. The Kier molecular flexibility index (Phi) is 12.8. The zero-order chi connectivity index (χ0) is 30.7. The molecule has 3 atom stereocenters. The predicted molar refractivity (Wildman–Crippen MR) is 163 cm³/mol. The van der Waals surface area contributed by atoms with Gasteiger partial charge in [0.2, 0.25) is 11.8 Å². The molecule has 2 N–H and O–H groups in total. The van der Waals surface area contributed by atoms with Gasteiger partial charge in [-0.1, -0.05) is 64.5 Å². The van der Waals surface area contributed by atoms with Crippen LogP contribution in [0.1, 0.15) is 57.7 Å². The first kappa shape index (κ1) is 33.8. The molecule has 3 amide bonds. The molecule has 0 aliphatic rings. The molecule has 0 saturated heterocycles. The Morgan fingerprint density at radius 1 is 0.976 bits per heavy atom. The summed E-state index contributed by atoms with van der Waals surface area (Å²) in [5, 5.41) is 5.55. The van der Waals surface area contributed by atoms with Crippen molar-refractivity contribution in [3.8, 4) is 0 Å². The van der Waals surface area contributed by atoms with Crippen LogP contribution < -0.4 is 10.6 Å². The van der Waals surface area contributed by atoms with Crippen LogP contribution in [0.25, 0.3) is 0 Å². The molecule has 224 valence electrons. The Labute approximate surface area is 251 Å². The van der Waals surface area contributed by atoms with Crippen molar-refractivity contribution in [3.63, 3.8) is 0 Å². The van der Waals surface area contributed by atoms with Crippen LogP contribution in [-0.2, 0) is 30.3 Å². The fourth-order valence-corrected chi connectivity index (χ4v) is 4.53. The number of rotatable bonds is 12. The minimum atomic E-state index is -1.27. The molecule has 0 aliphatic heterocycles. The van der Waals surface area contributed by atoms with E-state index in [9.17, 15) is 19.2 Å². The maximum Gasteiger partial charge on any atom is 0.408 e. The van der Waals surface area contributed by atoms with Gasteiger partial charge in [0.25, 0.3) is 0 Å². The molecule has 0 spiro atoms. The van der Waals surface area contributed by atoms with E-state index in [0.717, 1.165) is 16.7 Å². The number of alkyl halides is 1. The monoisotopic (exact) mass is 631 g/mol. The Bertz CT molecular complexity index is 1180. The molecule has 41 heavy (non-hydrogen) atoms. The van der Waals surface area contributed by atoms with Gasteiger partial charge in [-0.25, -0.2) is 9.59 Å². The summed E-state index contributed by atoms with van der Waals surface area (Å²) in [5.74, 6) is -1.56. The molecule has 0 bridgehead atoms. The number of nitrogens with one attached hydrogen (secondary N) is 2. The number of aryl methyl sites for hydroxylation is 3. The van der Waals surface area contributed by atoms with Crippen molar-refractivity contribution in [1.82, 2.24) is 10.2 Å². The number of amides is 3. The highest BCUT2D eigenvalue weighted by Crippen LogP contribution is 2.22. The number of halogens is 1. The summed E-state index contributed by atoms with van der Waals surface area (Å²) in [6.07, 6.45) is -0.0696. The molecule has 2 rings (SSSR count). The van der Waals surface area contributed by atoms with Gasteiger partial charge < -0.3 is 25.0 Å². The highest BCUT2D eigenvalue weighted by molar-refractivity contribution is 9.10. The molecule has 9 nitrogen and oxygen atoms in total. The summed E-state index contributed by atoms with van der Waals surface area (Å²) < 4.78 is 10.6. The van der Waals surface area contributed by atoms with Crippen molar-refractivity contribution in [2.75, 3.05) is 18.5 Å². The molecule has 2 aromatic rings. The lowest BCUT2D eigenvalue weighted by Crippen LogP contribution is -2.57. The average molecular weight is 633 g/mol. The topological polar surface area (TPSA) is 114 Å². The van der Waals surface area contributed by atoms with Crippen LogP contribution in [0.5, 0.6) is 0 Å². The van der Waals surface area contributed by atoms with E-state index in [2.05, 4.69) is 26.6 Å². The molecule has 0 aromatic heterocycles. The van der Waals surface area contributed by atoms with Gasteiger partial charge in [0.05, 0.1) is 18.0 Å². The molecule has 10 heteroatoms. The highest BCUT2D eigenvalue weighted by Gasteiger charge is 2.37. The maximum atomic E-state index is 13.9. The number of anilines is 1. The van der Waals surface area contributed by atoms with Crippen molar-refractivity contribution < 1.29 is 28.7 Å². The van der Waals surface area contributed by atoms with E-state index in [4.69, 9.17) is 9.47 Å². The van der Waals surface area contributed by atoms with Crippen LogP contribution >= 0.6 is 15.9 Å². The Morgan fingerprint density at radius 3 is 2.12 bits per heavy atom. The van der Waals surface area contributed by atoms with E-state index < -0.39 is 46.4 Å². The van der Waals surface area contributed by atoms with E-state index in [0.29, 0.717) is 12.1 Å². The number of carbonyl (C=O) groups excluding carboxylic acids is 4. The second kappa shape index (κ2) is 15.6. The average Bonchev–Trinajstić information content (AvgIpc) is 2.88. The third kappa shape index (κ3) is 10.8. The van der Waals surface area contributed by atoms with E-state index in [1.807, 2.05) is 62.4 Å². The van der Waals surface area contributed by atoms with Gasteiger partial charge in [0.1, 0.15) is 17.7 Å². The fourth-order valence-electron chi connectivity index (χ4n) is 4.26. The first-order valence-corrected chi connectivity index (χ1v) is 14.7. The van der Waals surface area contributed by atoms with Crippen molar-refractivity contribution in [3.05, 3.63) is 65.2 Å². The molecule has 2 aromatic carbocycles. The third-order valence-corrected chi connectivity index (χ3v) is 6.61.